The summed E-state index contributed by atoms with van der Waals surface area (Å²) in [7, 11) is -9.98. The zero-order valence-electron chi connectivity index (χ0n) is 64.5. The van der Waals surface area contributed by atoms with Crippen molar-refractivity contribution in [3.8, 4) is 0 Å². The summed E-state index contributed by atoms with van der Waals surface area (Å²) in [5.41, 5.74) is 0. The van der Waals surface area contributed by atoms with E-state index in [4.69, 9.17) is 37.0 Å². The lowest BCUT2D eigenvalue weighted by atomic mass is 10.1. The van der Waals surface area contributed by atoms with Crippen LogP contribution >= 0.6 is 15.6 Å². The van der Waals surface area contributed by atoms with Gasteiger partial charge in [0.05, 0.1) is 26.4 Å². The van der Waals surface area contributed by atoms with Gasteiger partial charge < -0.3 is 33.8 Å². The predicted octanol–water partition coefficient (Wildman–Crippen LogP) is 23.6. The first-order valence-corrected chi connectivity index (χ1v) is 43.5. The zero-order valence-corrected chi connectivity index (χ0v) is 66.3. The molecule has 0 radical (unpaired) electrons. The second-order valence-electron chi connectivity index (χ2n) is 27.0. The van der Waals surface area contributed by atoms with Gasteiger partial charge in [0.15, 0.2) is 12.2 Å². The standard InChI is InChI=1S/C83H146O17P2/c1-5-9-13-17-21-25-29-33-37-38-42-46-50-54-58-62-66-70-83(88)100-79(74-94-81(86)68-64-60-56-52-48-44-40-35-31-27-23-19-15-11-7-3)76-98-102(91,92)96-72-77(84)71-95-101(89,90)97-75-78(99-82(87)69-65-61-57-53-49-45-41-36-32-28-24-20-16-12-8-4)73-93-80(85)67-63-59-55-51-47-43-39-34-30-26-22-18-14-10-6-2/h21,24-28,30-31,33,36-37,41-42,46,54,58,77-79,84H,5-20,22-23,29,32,34-35,38-40,43-45,47-53,55-57,59-76H2,1-4H3,(H,89,90)(H,91,92)/b25-21-,28-24-,30-26-,31-27-,37-33-,41-36-,46-42-,58-54-/t77-,78+,79+/m0/s1. The number of aliphatic hydroxyl groups excluding tert-OH is 1. The Morgan fingerprint density at radius 3 is 0.804 bits per heavy atom. The highest BCUT2D eigenvalue weighted by molar-refractivity contribution is 7.47. The zero-order chi connectivity index (χ0) is 74.6. The number of phosphoric acid groups is 2. The van der Waals surface area contributed by atoms with E-state index in [-0.39, 0.29) is 25.7 Å². The summed E-state index contributed by atoms with van der Waals surface area (Å²) in [6.45, 7) is 4.75. The molecule has 0 fully saturated rings. The molecule has 0 aromatic heterocycles. The highest BCUT2D eigenvalue weighted by Crippen LogP contribution is 2.45. The minimum Gasteiger partial charge on any atom is -0.462 e. The molecule has 0 aliphatic rings. The number of carbonyl (C=O) groups is 4. The van der Waals surface area contributed by atoms with Crippen molar-refractivity contribution in [2.24, 2.45) is 0 Å². The maximum Gasteiger partial charge on any atom is 0.472 e. The van der Waals surface area contributed by atoms with Crippen LogP contribution < -0.4 is 0 Å². The Kier molecular flexibility index (Phi) is 72.3. The number of carbonyl (C=O) groups excluding carboxylic acids is 4. The van der Waals surface area contributed by atoms with Crippen LogP contribution in [0.25, 0.3) is 0 Å². The van der Waals surface area contributed by atoms with Crippen molar-refractivity contribution in [2.75, 3.05) is 39.6 Å². The molecule has 0 aromatic carbocycles. The number of phosphoric ester groups is 2. The van der Waals surface area contributed by atoms with E-state index in [0.717, 1.165) is 148 Å². The maximum absolute atomic E-state index is 13.1. The van der Waals surface area contributed by atoms with E-state index in [9.17, 15) is 43.2 Å². The van der Waals surface area contributed by atoms with Crippen LogP contribution in [-0.4, -0.2) is 96.7 Å². The van der Waals surface area contributed by atoms with E-state index in [2.05, 4.69) is 113 Å². The average molecular weight is 1480 g/mol. The van der Waals surface area contributed by atoms with Crippen LogP contribution in [-0.2, 0) is 65.4 Å². The summed E-state index contributed by atoms with van der Waals surface area (Å²) >= 11 is 0. The quantitative estimate of drug-likeness (QED) is 0.0169. The number of esters is 4. The molecular weight excluding hydrogens is 1330 g/mol. The Morgan fingerprint density at radius 1 is 0.275 bits per heavy atom. The van der Waals surface area contributed by atoms with Crippen LogP contribution in [0.5, 0.6) is 0 Å². The highest BCUT2D eigenvalue weighted by Gasteiger charge is 2.30. The largest absolute Gasteiger partial charge is 0.472 e. The summed E-state index contributed by atoms with van der Waals surface area (Å²) in [5, 5.41) is 10.6. The first-order valence-electron chi connectivity index (χ1n) is 40.5. The van der Waals surface area contributed by atoms with Gasteiger partial charge in [0.2, 0.25) is 0 Å². The fourth-order valence-corrected chi connectivity index (χ4v) is 12.3. The van der Waals surface area contributed by atoms with Gasteiger partial charge in [-0.3, -0.25) is 37.3 Å². The van der Waals surface area contributed by atoms with E-state index >= 15 is 0 Å². The number of hydrogen-bond acceptors (Lipinski definition) is 15. The van der Waals surface area contributed by atoms with Crippen molar-refractivity contribution in [3.05, 3.63) is 97.2 Å². The molecule has 0 aromatic rings. The molecule has 2 unspecified atom stereocenters. The van der Waals surface area contributed by atoms with Crippen LogP contribution in [0.4, 0.5) is 0 Å². The molecular formula is C83H146O17P2. The third kappa shape index (κ3) is 74.3. The molecule has 590 valence electrons. The van der Waals surface area contributed by atoms with Crippen molar-refractivity contribution in [1.82, 2.24) is 0 Å². The van der Waals surface area contributed by atoms with E-state index in [1.54, 1.807) is 0 Å². The van der Waals surface area contributed by atoms with Crippen LogP contribution in [0.2, 0.25) is 0 Å². The van der Waals surface area contributed by atoms with Crippen molar-refractivity contribution < 1.29 is 80.2 Å². The van der Waals surface area contributed by atoms with Gasteiger partial charge in [-0.25, -0.2) is 9.13 Å². The number of aliphatic hydroxyl groups is 1. The van der Waals surface area contributed by atoms with E-state index < -0.39 is 97.5 Å². The van der Waals surface area contributed by atoms with Crippen LogP contribution in [0.3, 0.4) is 0 Å². The molecule has 0 aliphatic heterocycles. The molecule has 0 saturated heterocycles. The van der Waals surface area contributed by atoms with Crippen LogP contribution in [0.1, 0.15) is 349 Å². The fraction of sp³-hybridized carbons (Fsp3) is 0.759. The molecule has 102 heavy (non-hydrogen) atoms. The van der Waals surface area contributed by atoms with Crippen LogP contribution in [0, 0.1) is 0 Å². The van der Waals surface area contributed by atoms with Gasteiger partial charge in [-0.2, -0.15) is 0 Å². The number of rotatable bonds is 76. The number of allylic oxidation sites excluding steroid dienone is 16. The van der Waals surface area contributed by atoms with Gasteiger partial charge in [-0.1, -0.05) is 273 Å². The van der Waals surface area contributed by atoms with Gasteiger partial charge in [-0.15, -0.1) is 0 Å². The molecule has 0 rings (SSSR count). The topological polar surface area (TPSA) is 237 Å². The van der Waals surface area contributed by atoms with Crippen molar-refractivity contribution in [1.29, 1.82) is 0 Å². The van der Waals surface area contributed by atoms with E-state index in [0.29, 0.717) is 32.1 Å². The SMILES string of the molecule is CCCCC/C=C\C/C=C\C/C=C\C/C=C\CCCC(=O)O[C@H](COC(=O)CCCCCCCCC/C=C\CCCCCC)COP(=O)(O)OC[C@@H](O)COP(=O)(O)OC[C@@H](COC(=O)CCCCCCCCC/C=C\CCCCCC)OC(=O)CCCCCCC/C=C\C/C=C\CCCCC. The Balaban J connectivity index is 5.42. The molecule has 0 amide bonds. The third-order valence-electron chi connectivity index (χ3n) is 17.0. The minimum atomic E-state index is -4.99. The van der Waals surface area contributed by atoms with Gasteiger partial charge >= 0.3 is 39.5 Å². The van der Waals surface area contributed by atoms with Gasteiger partial charge in [0, 0.05) is 25.7 Å². The Labute approximate surface area is 620 Å². The summed E-state index contributed by atoms with van der Waals surface area (Å²) in [5.74, 6) is -2.25. The molecule has 3 N–H and O–H groups in total. The minimum absolute atomic E-state index is 0.0188. The molecule has 0 spiro atoms. The van der Waals surface area contributed by atoms with Crippen LogP contribution in [0.15, 0.2) is 97.2 Å². The summed E-state index contributed by atoms with van der Waals surface area (Å²) in [6.07, 6.45) is 79.5. The molecule has 19 heteroatoms. The molecule has 0 saturated carbocycles. The Bertz CT molecular complexity index is 2310. The summed E-state index contributed by atoms with van der Waals surface area (Å²) < 4.78 is 68.6. The van der Waals surface area contributed by atoms with E-state index in [1.165, 1.54) is 116 Å². The molecule has 5 atom stereocenters. The molecule has 0 aliphatic carbocycles. The van der Waals surface area contributed by atoms with Crippen molar-refractivity contribution in [2.45, 2.75) is 367 Å². The van der Waals surface area contributed by atoms with E-state index in [1.807, 2.05) is 12.2 Å². The summed E-state index contributed by atoms with van der Waals surface area (Å²) in [6, 6.07) is 0. The summed E-state index contributed by atoms with van der Waals surface area (Å²) in [4.78, 5) is 73.0. The lowest BCUT2D eigenvalue weighted by molar-refractivity contribution is -0.161. The maximum atomic E-state index is 13.1. The molecule has 0 heterocycles. The Morgan fingerprint density at radius 2 is 0.490 bits per heavy atom. The second-order valence-corrected chi connectivity index (χ2v) is 29.9. The molecule has 17 nitrogen and oxygen atoms in total. The first kappa shape index (κ1) is 98.0. The number of unbranched alkanes of at least 4 members (excludes halogenated alkanes) is 34. The number of hydrogen-bond donors (Lipinski definition) is 3. The van der Waals surface area contributed by atoms with Gasteiger partial charge in [-0.05, 0) is 148 Å². The smallest absolute Gasteiger partial charge is 0.462 e. The first-order chi connectivity index (χ1) is 49.7. The second kappa shape index (κ2) is 75.2. The predicted molar refractivity (Wildman–Crippen MR) is 418 cm³/mol. The van der Waals surface area contributed by atoms with Gasteiger partial charge in [0.25, 0.3) is 0 Å². The fourth-order valence-electron chi connectivity index (χ4n) is 10.8. The van der Waals surface area contributed by atoms with Crippen molar-refractivity contribution in [3.63, 3.8) is 0 Å². The Hall–Kier alpha value is -4.02. The van der Waals surface area contributed by atoms with Crippen molar-refractivity contribution >= 4 is 39.5 Å². The lowest BCUT2D eigenvalue weighted by Gasteiger charge is -2.21. The average Bonchev–Trinajstić information content (AvgIpc) is 0.917. The lowest BCUT2D eigenvalue weighted by Crippen LogP contribution is -2.30. The highest BCUT2D eigenvalue weighted by atomic mass is 31.2. The normalized spacial score (nSPS) is 14.4. The third-order valence-corrected chi connectivity index (χ3v) is 18.9. The van der Waals surface area contributed by atoms with Gasteiger partial charge in [0.1, 0.15) is 19.3 Å². The molecule has 0 bridgehead atoms. The monoisotopic (exact) mass is 1480 g/mol. The number of ether oxygens (including phenoxy) is 4.